The molecule has 10 atom stereocenters. The number of aliphatic imine (C=N–C) groups is 3. The largest absolute Gasteiger partial charge is 0.386 e. The van der Waals surface area contributed by atoms with Crippen molar-refractivity contribution in [3.05, 3.63) is 28.2 Å². The summed E-state index contributed by atoms with van der Waals surface area (Å²) in [4.78, 5) is 35.4. The normalized spacial score (nSPS) is 40.5. The maximum atomic E-state index is 16.0. The van der Waals surface area contributed by atoms with E-state index >= 15 is 8.78 Å². The Morgan fingerprint density at radius 1 is 1.11 bits per heavy atom. The second kappa shape index (κ2) is 12.4. The number of halogens is 2. The zero-order valence-corrected chi connectivity index (χ0v) is 27.0. The van der Waals surface area contributed by atoms with Crippen LogP contribution >= 0.6 is 38.1 Å². The number of amidine groups is 1. The number of ether oxygens (including phenoxy) is 2. The highest BCUT2D eigenvalue weighted by atomic mass is 32.7. The zero-order valence-electron chi connectivity index (χ0n) is 23.4. The third-order valence-corrected chi connectivity index (χ3v) is 10.5. The van der Waals surface area contributed by atoms with Crippen LogP contribution in [0.2, 0.25) is 0 Å². The number of nitrogens with zero attached hydrogens (tertiary/aromatic N) is 7. The van der Waals surface area contributed by atoms with E-state index in [2.05, 4.69) is 61.1 Å². The second-order valence-corrected chi connectivity index (χ2v) is 15.8. The standard InChI is InChI=1S/C21H26F2N10O9P2S2/c1-26-15(24)11-16(27-2)32(5-28-11)19-9(22)13-7(39-19)3-37-44(36,46)42-14-8(4-38-43(35,45)41-13)40-20(10(14)23)33-6-29-12-17(33)30-21(25)31-18(12)34/h5-10,13-14,19-20H,1,3-4,24H2,2H3,(H,35,45)(H,36,46)(H3,25,30,31,34)/b15-11+,27-16+/t7-,8-,9-,10-,13-,14-,19-,20-,43-,44-/m1/s1. The highest BCUT2D eigenvalue weighted by Crippen LogP contribution is 2.60. The van der Waals surface area contributed by atoms with Crippen LogP contribution in [0.25, 0.3) is 11.2 Å². The lowest BCUT2D eigenvalue weighted by Gasteiger charge is -2.28. The number of nitrogen functional groups attached to an aromatic ring is 1. The minimum atomic E-state index is -4.45. The Balaban J connectivity index is 1.26. The molecule has 4 aliphatic heterocycles. The molecule has 0 unspecified atom stereocenters. The molecule has 250 valence electrons. The summed E-state index contributed by atoms with van der Waals surface area (Å²) in [7, 11) is 1.40. The third-order valence-electron chi connectivity index (χ3n) is 7.24. The number of hydrogen-bond donors (Lipinski definition) is 5. The molecular formula is C21H26F2N10O9P2S2. The van der Waals surface area contributed by atoms with E-state index in [1.165, 1.54) is 18.3 Å². The Morgan fingerprint density at radius 2 is 1.70 bits per heavy atom. The molecule has 46 heavy (non-hydrogen) atoms. The van der Waals surface area contributed by atoms with Gasteiger partial charge in [0.2, 0.25) is 5.95 Å². The molecule has 6 heterocycles. The summed E-state index contributed by atoms with van der Waals surface area (Å²) >= 11 is 7.94. The fraction of sp³-hybridized carbons (Fsp3) is 0.524. The second-order valence-electron chi connectivity index (χ2n) is 10.1. The number of H-pyrrole nitrogens is 1. The summed E-state index contributed by atoms with van der Waals surface area (Å²) in [6, 6.07) is 0. The molecule has 0 bridgehead atoms. The van der Waals surface area contributed by atoms with Crippen molar-refractivity contribution in [2.45, 2.75) is 49.2 Å². The molecule has 0 spiro atoms. The number of thiol groups is 2. The van der Waals surface area contributed by atoms with Crippen molar-refractivity contribution < 1.29 is 45.5 Å². The number of nitrogens with one attached hydrogen (secondary N) is 1. The van der Waals surface area contributed by atoms with Crippen molar-refractivity contribution in [3.8, 4) is 0 Å². The van der Waals surface area contributed by atoms with Crippen LogP contribution in [0.15, 0.2) is 37.6 Å². The van der Waals surface area contributed by atoms with E-state index in [1.54, 1.807) is 0 Å². The number of fused-ring (bicyclic) bond motifs is 3. The Labute approximate surface area is 267 Å². The summed E-state index contributed by atoms with van der Waals surface area (Å²) in [5.41, 5.74) is 10.6. The fourth-order valence-electron chi connectivity index (χ4n) is 5.21. The van der Waals surface area contributed by atoms with Gasteiger partial charge in [-0.05, 0) is 6.72 Å². The van der Waals surface area contributed by atoms with E-state index in [0.29, 0.717) is 0 Å². The van der Waals surface area contributed by atoms with Crippen molar-refractivity contribution in [1.29, 1.82) is 0 Å². The predicted octanol–water partition coefficient (Wildman–Crippen LogP) is 1.09. The quantitative estimate of drug-likeness (QED) is 0.169. The minimum Gasteiger partial charge on any atom is -0.382 e. The zero-order chi connectivity index (χ0) is 33.1. The van der Waals surface area contributed by atoms with Crippen molar-refractivity contribution in [2.75, 3.05) is 26.0 Å². The van der Waals surface area contributed by atoms with Gasteiger partial charge in [0.15, 0.2) is 47.6 Å². The number of hydrogen-bond acceptors (Lipinski definition) is 16. The number of aromatic amines is 1. The average molecular weight is 727 g/mol. The topological polar surface area (TPSA) is 245 Å². The van der Waals surface area contributed by atoms with Gasteiger partial charge in [0.25, 0.3) is 5.56 Å². The molecule has 25 heteroatoms. The minimum absolute atomic E-state index is 0.0750. The molecule has 0 radical (unpaired) electrons. The molecule has 0 aromatic carbocycles. The Bertz CT molecular complexity index is 1810. The molecule has 3 fully saturated rings. The maximum Gasteiger partial charge on any atom is 0.386 e. The van der Waals surface area contributed by atoms with E-state index in [1.807, 2.05) is 0 Å². The van der Waals surface area contributed by atoms with Crippen LogP contribution in [0.5, 0.6) is 0 Å². The fourth-order valence-corrected chi connectivity index (χ4v) is 8.17. The van der Waals surface area contributed by atoms with Gasteiger partial charge < -0.3 is 20.9 Å². The number of anilines is 1. The SMILES string of the molecule is C=N/C(N)=C1/N=CN([C@@H]2O[C@@H]3CO[P@@](=O)(S)O[C@H]4[C@@H](F)[C@H](n5cnc6c(=O)[nH]c(N)nc65)O[C@@H]4CO[P@@](=O)(S)O[C@H]3[C@H]2F)/C1=N/C. The first-order valence-corrected chi connectivity index (χ1v) is 18.5. The predicted molar refractivity (Wildman–Crippen MR) is 164 cm³/mol. The highest BCUT2D eigenvalue weighted by molar-refractivity contribution is 8.44. The van der Waals surface area contributed by atoms with Crippen LogP contribution in [0, 0.1) is 0 Å². The van der Waals surface area contributed by atoms with Crippen LogP contribution < -0.4 is 17.0 Å². The molecule has 4 aliphatic rings. The van der Waals surface area contributed by atoms with Gasteiger partial charge in [-0.25, -0.2) is 32.9 Å². The number of nitrogens with two attached hydrogens (primary N) is 2. The smallest absolute Gasteiger partial charge is 0.382 e. The van der Waals surface area contributed by atoms with Crippen molar-refractivity contribution in [2.24, 2.45) is 20.7 Å². The lowest BCUT2D eigenvalue weighted by molar-refractivity contribution is -0.0543. The number of rotatable bonds is 3. The van der Waals surface area contributed by atoms with Crippen molar-refractivity contribution in [3.63, 3.8) is 0 Å². The highest BCUT2D eigenvalue weighted by Gasteiger charge is 2.55. The molecule has 3 saturated heterocycles. The van der Waals surface area contributed by atoms with E-state index in [4.69, 9.17) is 39.0 Å². The van der Waals surface area contributed by atoms with Gasteiger partial charge in [0.1, 0.15) is 30.1 Å². The van der Waals surface area contributed by atoms with Gasteiger partial charge in [0.05, 0.1) is 25.9 Å². The summed E-state index contributed by atoms with van der Waals surface area (Å²) < 4.78 is 93.1. The van der Waals surface area contributed by atoms with Crippen LogP contribution in [-0.4, -0.2) is 107 Å². The Kier molecular flexibility index (Phi) is 8.93. The summed E-state index contributed by atoms with van der Waals surface area (Å²) in [6.07, 6.45) is -11.2. The monoisotopic (exact) mass is 726 g/mol. The number of alkyl halides is 2. The summed E-state index contributed by atoms with van der Waals surface area (Å²) in [5.74, 6) is -0.283. The molecule has 0 aliphatic carbocycles. The summed E-state index contributed by atoms with van der Waals surface area (Å²) in [5, 5.41) is 0. The lowest BCUT2D eigenvalue weighted by Crippen LogP contribution is -2.43. The molecule has 5 N–H and O–H groups in total. The first kappa shape index (κ1) is 33.2. The third kappa shape index (κ3) is 6.04. The van der Waals surface area contributed by atoms with E-state index in [-0.39, 0.29) is 34.5 Å². The summed E-state index contributed by atoms with van der Waals surface area (Å²) in [6.45, 7) is -6.98. The van der Waals surface area contributed by atoms with E-state index < -0.39 is 81.6 Å². The van der Waals surface area contributed by atoms with Gasteiger partial charge >= 0.3 is 13.6 Å². The molecule has 0 amide bonds. The molecule has 0 saturated carbocycles. The van der Waals surface area contributed by atoms with Gasteiger partial charge in [0, 0.05) is 7.05 Å². The average Bonchev–Trinajstić information content (AvgIpc) is 3.75. The van der Waals surface area contributed by atoms with E-state index in [0.717, 1.165) is 10.9 Å². The van der Waals surface area contributed by atoms with E-state index in [9.17, 15) is 13.9 Å². The Morgan fingerprint density at radius 3 is 2.28 bits per heavy atom. The molecule has 2 aromatic rings. The van der Waals surface area contributed by atoms with Crippen LogP contribution in [0.4, 0.5) is 14.7 Å². The molecule has 19 nitrogen and oxygen atoms in total. The van der Waals surface area contributed by atoms with Gasteiger partial charge in [-0.3, -0.25) is 42.3 Å². The molecule has 6 rings (SSSR count). The number of imidazole rings is 1. The lowest BCUT2D eigenvalue weighted by atomic mass is 10.1. The van der Waals surface area contributed by atoms with Gasteiger partial charge in [-0.1, -0.05) is 24.5 Å². The molecule has 2 aromatic heterocycles. The van der Waals surface area contributed by atoms with Crippen molar-refractivity contribution >= 4 is 74.1 Å². The number of aromatic nitrogens is 4. The maximum absolute atomic E-state index is 16.0. The first-order valence-electron chi connectivity index (χ1n) is 13.1. The van der Waals surface area contributed by atoms with Crippen LogP contribution in [0.1, 0.15) is 6.23 Å². The Hall–Kier alpha value is -2.72. The first-order chi connectivity index (χ1) is 21.7. The van der Waals surface area contributed by atoms with Crippen LogP contribution in [-0.2, 0) is 36.7 Å². The molecular weight excluding hydrogens is 700 g/mol. The van der Waals surface area contributed by atoms with Crippen LogP contribution in [0.3, 0.4) is 0 Å². The van der Waals surface area contributed by atoms with Gasteiger partial charge in [-0.2, -0.15) is 4.98 Å². The van der Waals surface area contributed by atoms with Gasteiger partial charge in [-0.15, -0.1) is 0 Å². The van der Waals surface area contributed by atoms with Crippen molar-refractivity contribution in [1.82, 2.24) is 24.4 Å².